The molecule has 0 heterocycles. The lowest BCUT2D eigenvalue weighted by molar-refractivity contribution is -0.384. The van der Waals surface area contributed by atoms with Crippen molar-refractivity contribution in [3.8, 4) is 11.8 Å². The van der Waals surface area contributed by atoms with Crippen LogP contribution in [0, 0.1) is 21.4 Å². The fourth-order valence-corrected chi connectivity index (χ4v) is 2.37. The van der Waals surface area contributed by atoms with Crippen LogP contribution in [0.3, 0.4) is 0 Å². The Hall–Kier alpha value is -2.96. The number of halogens is 2. The molecule has 2 aromatic carbocycles. The molecule has 0 bridgehead atoms. The van der Waals surface area contributed by atoms with E-state index in [1.54, 1.807) is 18.2 Å². The molecular formula is C16H10BrClN4O4. The second kappa shape index (κ2) is 8.94. The summed E-state index contributed by atoms with van der Waals surface area (Å²) in [5, 5.41) is 23.5. The van der Waals surface area contributed by atoms with E-state index in [4.69, 9.17) is 21.6 Å². The van der Waals surface area contributed by atoms with Crippen LogP contribution in [-0.2, 0) is 4.79 Å². The van der Waals surface area contributed by atoms with Gasteiger partial charge in [-0.2, -0.15) is 10.4 Å². The van der Waals surface area contributed by atoms with Gasteiger partial charge in [0.05, 0.1) is 16.7 Å². The highest BCUT2D eigenvalue weighted by Crippen LogP contribution is 2.24. The maximum absolute atomic E-state index is 11.7. The van der Waals surface area contributed by atoms with E-state index in [2.05, 4.69) is 26.5 Å². The van der Waals surface area contributed by atoms with Gasteiger partial charge in [0.15, 0.2) is 6.61 Å². The van der Waals surface area contributed by atoms with E-state index >= 15 is 0 Å². The van der Waals surface area contributed by atoms with Crippen LogP contribution < -0.4 is 10.2 Å². The summed E-state index contributed by atoms with van der Waals surface area (Å²) < 4.78 is 5.99. The number of hydrogen-bond donors (Lipinski definition) is 1. The third kappa shape index (κ3) is 5.27. The smallest absolute Gasteiger partial charge is 0.288 e. The van der Waals surface area contributed by atoms with Gasteiger partial charge >= 0.3 is 0 Å². The van der Waals surface area contributed by atoms with Gasteiger partial charge < -0.3 is 4.74 Å². The van der Waals surface area contributed by atoms with E-state index in [1.165, 1.54) is 24.4 Å². The molecule has 0 fully saturated rings. The maximum atomic E-state index is 11.7. The van der Waals surface area contributed by atoms with Gasteiger partial charge in [0, 0.05) is 16.1 Å². The van der Waals surface area contributed by atoms with Crippen LogP contribution in [0.5, 0.6) is 5.75 Å². The molecule has 8 nitrogen and oxygen atoms in total. The second-order valence-corrected chi connectivity index (χ2v) is 6.12. The Balaban J connectivity index is 1.93. The predicted molar refractivity (Wildman–Crippen MR) is 98.2 cm³/mol. The standard InChI is InChI=1S/C16H10BrClN4O4/c17-12-2-4-15(11(6-12)7-19)26-9-16(23)21-20-8-10-1-3-13(18)14(5-10)22(24)25/h1-6,8H,9H2,(H,21,23)/b20-8+. The fraction of sp³-hybridized carbons (Fsp3) is 0.0625. The van der Waals surface area contributed by atoms with Crippen molar-refractivity contribution in [2.45, 2.75) is 0 Å². The molecule has 0 aromatic heterocycles. The van der Waals surface area contributed by atoms with E-state index in [0.717, 1.165) is 0 Å². The minimum atomic E-state index is -0.614. The molecule has 0 unspecified atom stereocenters. The number of hydrogen-bond acceptors (Lipinski definition) is 6. The normalized spacial score (nSPS) is 10.3. The number of hydrazone groups is 1. The summed E-state index contributed by atoms with van der Waals surface area (Å²) in [6.45, 7) is -0.353. The van der Waals surface area contributed by atoms with E-state index in [1.807, 2.05) is 6.07 Å². The van der Waals surface area contributed by atoms with Gasteiger partial charge in [0.25, 0.3) is 11.6 Å². The Bertz CT molecular complexity index is 927. The van der Waals surface area contributed by atoms with Crippen molar-refractivity contribution in [3.63, 3.8) is 0 Å². The number of amides is 1. The van der Waals surface area contributed by atoms with Crippen LogP contribution in [0.15, 0.2) is 46.0 Å². The molecule has 0 aliphatic heterocycles. The quantitative estimate of drug-likeness (QED) is 0.422. The predicted octanol–water partition coefficient (Wildman–Crippen LogP) is 3.41. The molecule has 0 aliphatic carbocycles. The van der Waals surface area contributed by atoms with Crippen molar-refractivity contribution in [2.24, 2.45) is 5.10 Å². The van der Waals surface area contributed by atoms with Gasteiger partial charge in [-0.25, -0.2) is 5.43 Å². The zero-order chi connectivity index (χ0) is 19.1. The van der Waals surface area contributed by atoms with Gasteiger partial charge in [-0.1, -0.05) is 33.6 Å². The number of nitro benzene ring substituents is 1. The van der Waals surface area contributed by atoms with Crippen LogP contribution in [0.25, 0.3) is 0 Å². The average molecular weight is 438 g/mol. The number of nitro groups is 1. The topological polar surface area (TPSA) is 118 Å². The molecule has 0 aliphatic rings. The first-order valence-electron chi connectivity index (χ1n) is 6.99. The van der Waals surface area contributed by atoms with Gasteiger partial charge in [-0.15, -0.1) is 0 Å². The highest BCUT2D eigenvalue weighted by atomic mass is 79.9. The summed E-state index contributed by atoms with van der Waals surface area (Å²) in [5.41, 5.74) is 2.64. The number of ether oxygens (including phenoxy) is 1. The van der Waals surface area contributed by atoms with Crippen molar-refractivity contribution in [2.75, 3.05) is 6.61 Å². The van der Waals surface area contributed by atoms with Crippen molar-refractivity contribution in [1.29, 1.82) is 5.26 Å². The van der Waals surface area contributed by atoms with Crippen molar-refractivity contribution in [3.05, 3.63) is 67.1 Å². The summed E-state index contributed by atoms with van der Waals surface area (Å²) in [6.07, 6.45) is 1.24. The zero-order valence-electron chi connectivity index (χ0n) is 13.0. The van der Waals surface area contributed by atoms with Gasteiger partial charge in [0.1, 0.15) is 16.8 Å². The largest absolute Gasteiger partial charge is 0.482 e. The number of carbonyl (C=O) groups is 1. The summed E-state index contributed by atoms with van der Waals surface area (Å²) in [4.78, 5) is 21.9. The van der Waals surface area contributed by atoms with Crippen molar-refractivity contribution in [1.82, 2.24) is 5.43 Å². The molecule has 0 spiro atoms. The summed E-state index contributed by atoms with van der Waals surface area (Å²) in [5.74, 6) is -0.292. The number of benzene rings is 2. The third-order valence-corrected chi connectivity index (χ3v) is 3.80. The highest BCUT2D eigenvalue weighted by Gasteiger charge is 2.12. The molecule has 0 saturated carbocycles. The van der Waals surface area contributed by atoms with Gasteiger partial charge in [-0.05, 0) is 24.3 Å². The Morgan fingerprint density at radius 2 is 2.19 bits per heavy atom. The van der Waals surface area contributed by atoms with Crippen molar-refractivity contribution >= 4 is 45.3 Å². The van der Waals surface area contributed by atoms with Crippen LogP contribution in [0.2, 0.25) is 5.02 Å². The fourth-order valence-electron chi connectivity index (χ4n) is 1.82. The molecule has 10 heteroatoms. The molecule has 0 atom stereocenters. The lowest BCUT2D eigenvalue weighted by atomic mass is 10.2. The Morgan fingerprint density at radius 1 is 1.42 bits per heavy atom. The van der Waals surface area contributed by atoms with E-state index in [0.29, 0.717) is 10.0 Å². The number of nitrogens with one attached hydrogen (secondary N) is 1. The zero-order valence-corrected chi connectivity index (χ0v) is 15.3. The van der Waals surface area contributed by atoms with Gasteiger partial charge in [0.2, 0.25) is 0 Å². The van der Waals surface area contributed by atoms with E-state index in [9.17, 15) is 14.9 Å². The number of nitrogens with zero attached hydrogens (tertiary/aromatic N) is 3. The molecule has 1 amide bonds. The lowest BCUT2D eigenvalue weighted by Crippen LogP contribution is -2.24. The monoisotopic (exact) mass is 436 g/mol. The molecule has 2 aromatic rings. The molecular weight excluding hydrogens is 428 g/mol. The van der Waals surface area contributed by atoms with E-state index in [-0.39, 0.29) is 28.6 Å². The van der Waals surface area contributed by atoms with Crippen molar-refractivity contribution < 1.29 is 14.5 Å². The van der Waals surface area contributed by atoms with E-state index < -0.39 is 10.8 Å². The Kier molecular flexibility index (Phi) is 6.66. The minimum absolute atomic E-state index is 0.00683. The first-order chi connectivity index (χ1) is 12.4. The SMILES string of the molecule is N#Cc1cc(Br)ccc1OCC(=O)N/N=C/c1ccc(Cl)c([N+](=O)[O-])c1. The number of carbonyl (C=O) groups excluding carboxylic acids is 1. The summed E-state index contributed by atoms with van der Waals surface area (Å²) >= 11 is 8.95. The first-order valence-corrected chi connectivity index (χ1v) is 8.16. The van der Waals surface area contributed by atoms with Crippen LogP contribution in [0.1, 0.15) is 11.1 Å². The lowest BCUT2D eigenvalue weighted by Gasteiger charge is -2.06. The summed E-state index contributed by atoms with van der Waals surface area (Å²) in [6, 6.07) is 10.9. The molecule has 0 saturated heterocycles. The molecule has 26 heavy (non-hydrogen) atoms. The summed E-state index contributed by atoms with van der Waals surface area (Å²) in [7, 11) is 0. The van der Waals surface area contributed by atoms with Crippen LogP contribution in [0.4, 0.5) is 5.69 Å². The maximum Gasteiger partial charge on any atom is 0.288 e. The molecule has 1 N–H and O–H groups in total. The molecule has 132 valence electrons. The average Bonchev–Trinajstić information content (AvgIpc) is 2.61. The second-order valence-electron chi connectivity index (χ2n) is 4.80. The first kappa shape index (κ1) is 19.4. The van der Waals surface area contributed by atoms with Crippen LogP contribution >= 0.6 is 27.5 Å². The number of rotatable bonds is 6. The number of nitriles is 1. The Labute approximate surface area is 161 Å². The molecule has 0 radical (unpaired) electrons. The molecule has 2 rings (SSSR count). The Morgan fingerprint density at radius 3 is 2.88 bits per heavy atom. The minimum Gasteiger partial charge on any atom is -0.482 e. The third-order valence-electron chi connectivity index (χ3n) is 2.99. The van der Waals surface area contributed by atoms with Crippen LogP contribution in [-0.4, -0.2) is 23.7 Å². The van der Waals surface area contributed by atoms with Gasteiger partial charge in [-0.3, -0.25) is 14.9 Å². The highest BCUT2D eigenvalue weighted by molar-refractivity contribution is 9.10.